The maximum absolute atomic E-state index is 12.8. The Kier molecular flexibility index (Phi) is 34.9. The van der Waals surface area contributed by atoms with Crippen molar-refractivity contribution in [3.8, 4) is 0 Å². The van der Waals surface area contributed by atoms with Gasteiger partial charge in [0.25, 0.3) is 0 Å². The van der Waals surface area contributed by atoms with Gasteiger partial charge in [-0.05, 0) is 214 Å². The van der Waals surface area contributed by atoms with Crippen LogP contribution in [0.4, 0.5) is 0 Å². The predicted octanol–water partition coefficient (Wildman–Crippen LogP) is 21.7. The molecule has 0 aromatic heterocycles. The average Bonchev–Trinajstić information content (AvgIpc) is 0.815. The monoisotopic (exact) mass is 1920 g/mol. The minimum absolute atomic E-state index is 0.00671. The fourth-order valence-electron chi connectivity index (χ4n) is 11.4. The smallest absolute Gasteiger partial charge is 0.336 e. The van der Waals surface area contributed by atoms with E-state index in [1.54, 1.807) is 162 Å². The van der Waals surface area contributed by atoms with E-state index in [0.29, 0.717) is 14.0 Å². The Morgan fingerprint density at radius 2 is 0.569 bits per heavy atom. The van der Waals surface area contributed by atoms with E-state index in [0.717, 1.165) is 72.7 Å². The second-order valence-corrected chi connectivity index (χ2v) is 41.4. The summed E-state index contributed by atoms with van der Waals surface area (Å²) in [7, 11) is -14.7. The molecule has 0 bridgehead atoms. The maximum Gasteiger partial charge on any atom is 0.336 e. The summed E-state index contributed by atoms with van der Waals surface area (Å²) in [6.45, 7) is 0. The van der Waals surface area contributed by atoms with Crippen molar-refractivity contribution in [1.29, 1.82) is 0 Å². The van der Waals surface area contributed by atoms with E-state index in [2.05, 4.69) is 84.2 Å². The van der Waals surface area contributed by atoms with Crippen molar-refractivity contribution in [3.05, 3.63) is 376 Å². The van der Waals surface area contributed by atoms with Gasteiger partial charge in [-0.15, -0.1) is 47.0 Å². The van der Waals surface area contributed by atoms with Gasteiger partial charge in [-0.1, -0.05) is 207 Å². The normalized spacial score (nSPS) is 11.3. The summed E-state index contributed by atoms with van der Waals surface area (Å²) in [4.78, 5) is 50.7. The first kappa shape index (κ1) is 91.4. The SMILES string of the molecule is O=C(O)c1cc(SCCc2ccccc2)ccc1CS(=O)(=O)c1ccc(Br)cc1.O=C(O)c1cc(SCCc2ccccc2)ccc1CS(=O)(=O)c1ccc(Cl)cc1.O=C(O)c1cc(SCCc2ccccc2)ccc1CS(=O)(=O)c1cccc(Br)c1.O=C(O)c1cc(SCCc2ccccc2)ccc1CS(=O)(=O)c1ccccc1Br. The standard InChI is InChI=1S/3C22H19BrO4S2.C22H19ClO4S2/c23-20-8-4-5-9-21(20)29(26,27)15-17-10-11-18(14-19(17)22(24)25)28-13-12-16-6-2-1-3-7-16;23-18-7-4-8-20(13-18)29(26,27)15-17-9-10-19(14-21(17)22(24)25)28-12-11-16-5-2-1-3-6-16;2*23-18-7-10-20(11-8-18)29(26,27)15-17-6-9-19(14-21(17)22(24)25)28-13-12-16-4-2-1-3-5-16/h1-11,14H,12-13,15H2,(H,24,25);1-10,13-14H,11-12,15H2,(H,24,25);2*1-11,14H,12-13,15H2,(H,24,25). The molecule has 12 rings (SSSR count). The molecule has 16 nitrogen and oxygen atoms in total. The highest BCUT2D eigenvalue weighted by Gasteiger charge is 2.26. The van der Waals surface area contributed by atoms with Gasteiger partial charge in [0.15, 0.2) is 39.3 Å². The highest BCUT2D eigenvalue weighted by molar-refractivity contribution is 9.11. The van der Waals surface area contributed by atoms with Crippen molar-refractivity contribution in [2.75, 3.05) is 23.0 Å². The Bertz CT molecular complexity index is 5680. The number of aryl methyl sites for hydroxylation is 4. The van der Waals surface area contributed by atoms with Gasteiger partial charge in [-0.3, -0.25) is 0 Å². The lowest BCUT2D eigenvalue weighted by molar-refractivity contribution is 0.0684. The van der Waals surface area contributed by atoms with E-state index in [9.17, 15) is 73.3 Å². The third-order valence-electron chi connectivity index (χ3n) is 17.3. The van der Waals surface area contributed by atoms with Crippen LogP contribution < -0.4 is 0 Å². The molecule has 0 aliphatic rings. The highest BCUT2D eigenvalue weighted by Crippen LogP contribution is 2.33. The number of benzene rings is 12. The van der Waals surface area contributed by atoms with Crippen LogP contribution in [0.25, 0.3) is 0 Å². The van der Waals surface area contributed by atoms with Gasteiger partial charge in [-0.25, -0.2) is 52.8 Å². The molecule has 0 fully saturated rings. The zero-order valence-electron chi connectivity index (χ0n) is 61.7. The molecule has 4 N–H and O–H groups in total. The molecule has 28 heteroatoms. The number of thioether (sulfide) groups is 4. The summed E-state index contributed by atoms with van der Waals surface area (Å²) in [5.41, 5.74) is 6.05. The first-order valence-corrected chi connectivity index (χ1v) is 48.8. The van der Waals surface area contributed by atoms with Crippen molar-refractivity contribution < 1.29 is 73.3 Å². The number of carbonyl (C=O) groups is 4. The third-order valence-corrected chi connectivity index (χ3v) is 30.3. The lowest BCUT2D eigenvalue weighted by Gasteiger charge is -2.11. The summed E-state index contributed by atoms with van der Waals surface area (Å²) >= 11 is 21.8. The number of sulfone groups is 4. The van der Waals surface area contributed by atoms with E-state index >= 15 is 0 Å². The van der Waals surface area contributed by atoms with Crippen LogP contribution in [0.3, 0.4) is 0 Å². The zero-order chi connectivity index (χ0) is 83.4. The van der Waals surface area contributed by atoms with Gasteiger partial charge >= 0.3 is 23.9 Å². The van der Waals surface area contributed by atoms with E-state index < -0.39 is 63.2 Å². The van der Waals surface area contributed by atoms with Gasteiger partial charge in [-0.2, -0.15) is 0 Å². The predicted molar refractivity (Wildman–Crippen MR) is 475 cm³/mol. The molecular weight excluding hydrogens is 1840 g/mol. The molecule has 0 saturated heterocycles. The van der Waals surface area contributed by atoms with Crippen molar-refractivity contribution in [3.63, 3.8) is 0 Å². The van der Waals surface area contributed by atoms with Crippen molar-refractivity contribution >= 4 is 170 Å². The second-order valence-electron chi connectivity index (χ2n) is 25.7. The van der Waals surface area contributed by atoms with Crippen molar-refractivity contribution in [2.24, 2.45) is 0 Å². The topological polar surface area (TPSA) is 286 Å². The van der Waals surface area contributed by atoms with Gasteiger partial charge < -0.3 is 20.4 Å². The second kappa shape index (κ2) is 44.3. The lowest BCUT2D eigenvalue weighted by Crippen LogP contribution is -2.10. The molecule has 12 aromatic rings. The Balaban J connectivity index is 0.000000177. The fraction of sp³-hybridized carbons (Fsp3) is 0.136. The van der Waals surface area contributed by atoms with E-state index in [1.165, 1.54) is 76.9 Å². The molecule has 12 aromatic carbocycles. The molecule has 0 aliphatic carbocycles. The molecule has 0 radical (unpaired) electrons. The number of rotatable bonds is 32. The maximum atomic E-state index is 12.8. The molecule has 0 amide bonds. The summed E-state index contributed by atoms with van der Waals surface area (Å²) in [5, 5.41) is 38.8. The van der Waals surface area contributed by atoms with Gasteiger partial charge in [0.05, 0.1) is 64.8 Å². The molecular formula is C88H76Br3ClO16S8. The van der Waals surface area contributed by atoms with Crippen LogP contribution in [-0.2, 0) is 88.0 Å². The van der Waals surface area contributed by atoms with Crippen molar-refractivity contribution in [1.82, 2.24) is 0 Å². The number of carboxylic acids is 4. The molecule has 0 atom stereocenters. The minimum Gasteiger partial charge on any atom is -0.478 e. The average molecular weight is 1920 g/mol. The first-order chi connectivity index (χ1) is 55.4. The highest BCUT2D eigenvalue weighted by atomic mass is 79.9. The molecule has 0 aliphatic heterocycles. The van der Waals surface area contributed by atoms with E-state index in [1.807, 2.05) is 84.9 Å². The van der Waals surface area contributed by atoms with Crippen LogP contribution in [0.1, 0.15) is 85.9 Å². The van der Waals surface area contributed by atoms with Crippen molar-refractivity contribution in [2.45, 2.75) is 87.9 Å². The third kappa shape index (κ3) is 28.6. The number of halogens is 4. The van der Waals surface area contributed by atoms with Crippen LogP contribution in [0, 0.1) is 0 Å². The Morgan fingerprint density at radius 1 is 0.284 bits per heavy atom. The first-order valence-electron chi connectivity index (χ1n) is 35.5. The fourth-order valence-corrected chi connectivity index (χ4v) is 22.8. The quantitative estimate of drug-likeness (QED) is 0.0285. The minimum atomic E-state index is -3.68. The number of aromatic carboxylic acids is 4. The summed E-state index contributed by atoms with van der Waals surface area (Å²) in [6.07, 6.45) is 3.47. The molecule has 0 saturated carbocycles. The van der Waals surface area contributed by atoms with E-state index in [4.69, 9.17) is 11.6 Å². The molecule has 0 heterocycles. The van der Waals surface area contributed by atoms with Crippen LogP contribution in [0.15, 0.2) is 344 Å². The van der Waals surface area contributed by atoms with Gasteiger partial charge in [0.2, 0.25) is 0 Å². The van der Waals surface area contributed by atoms with Gasteiger partial charge in [0.1, 0.15) is 0 Å². The molecule has 600 valence electrons. The zero-order valence-corrected chi connectivity index (χ0v) is 73.7. The van der Waals surface area contributed by atoms with E-state index in [-0.39, 0.29) is 87.1 Å². The molecule has 116 heavy (non-hydrogen) atoms. The Labute approximate surface area is 723 Å². The molecule has 0 spiro atoms. The van der Waals surface area contributed by atoms with Gasteiger partial charge in [0, 0.05) is 61.0 Å². The summed E-state index contributed by atoms with van der Waals surface area (Å²) in [6, 6.07) is 85.0. The Morgan fingerprint density at radius 3 is 0.871 bits per heavy atom. The summed E-state index contributed by atoms with van der Waals surface area (Å²) < 4.78 is 104. The van der Waals surface area contributed by atoms with Crippen LogP contribution in [-0.4, -0.2) is 101 Å². The largest absolute Gasteiger partial charge is 0.478 e. The number of hydrogen-bond donors (Lipinski definition) is 4. The molecule has 0 unspecified atom stereocenters. The van der Waals surface area contributed by atoms with Crippen LogP contribution in [0.2, 0.25) is 5.02 Å². The number of hydrogen-bond acceptors (Lipinski definition) is 16. The lowest BCUT2D eigenvalue weighted by atomic mass is 10.1. The Hall–Kier alpha value is -8.55. The van der Waals surface area contributed by atoms with Crippen LogP contribution >= 0.6 is 106 Å². The number of carboxylic acid groups (broad SMARTS) is 4. The van der Waals surface area contributed by atoms with Crippen LogP contribution in [0.5, 0.6) is 0 Å². The summed E-state index contributed by atoms with van der Waals surface area (Å²) in [5.74, 6) is -2.79.